The highest BCUT2D eigenvalue weighted by atomic mass is 16.3. The van der Waals surface area contributed by atoms with Crippen LogP contribution in [0.15, 0.2) is 41.3 Å². The number of aromatic nitrogens is 1. The van der Waals surface area contributed by atoms with Crippen LogP contribution >= 0.6 is 0 Å². The first kappa shape index (κ1) is 6.16. The highest BCUT2D eigenvalue weighted by Crippen LogP contribution is 2.17. The number of furan rings is 1. The number of rotatable bonds is 1. The van der Waals surface area contributed by atoms with Crippen LogP contribution in [0.1, 0.15) is 0 Å². The first-order valence-electron chi connectivity index (χ1n) is 3.32. The molecule has 11 heavy (non-hydrogen) atoms. The Hall–Kier alpha value is -1.57. The Morgan fingerprint density at radius 2 is 2.00 bits per heavy atom. The molecule has 2 heterocycles. The average molecular weight is 144 g/mol. The molecule has 0 bridgehead atoms. The summed E-state index contributed by atoms with van der Waals surface area (Å²) < 4.78 is 4.82. The SMILES string of the molecule is [c]1cc(-c2ccncc2)co1. The van der Waals surface area contributed by atoms with Crippen LogP contribution in [0.25, 0.3) is 11.1 Å². The zero-order chi connectivity index (χ0) is 7.52. The fourth-order valence-corrected chi connectivity index (χ4v) is 0.925. The van der Waals surface area contributed by atoms with Gasteiger partial charge in [-0.05, 0) is 23.8 Å². The molecule has 0 fully saturated rings. The van der Waals surface area contributed by atoms with Crippen molar-refractivity contribution in [1.82, 2.24) is 4.98 Å². The Bertz CT molecular complexity index is 313. The van der Waals surface area contributed by atoms with E-state index in [-0.39, 0.29) is 0 Å². The molecule has 0 saturated heterocycles. The Kier molecular flexibility index (Phi) is 1.44. The predicted octanol–water partition coefficient (Wildman–Crippen LogP) is 2.14. The van der Waals surface area contributed by atoms with E-state index in [1.165, 1.54) is 0 Å². The van der Waals surface area contributed by atoms with E-state index in [4.69, 9.17) is 4.42 Å². The van der Waals surface area contributed by atoms with Crippen LogP contribution in [-0.4, -0.2) is 4.98 Å². The number of hydrogen-bond acceptors (Lipinski definition) is 2. The van der Waals surface area contributed by atoms with Crippen LogP contribution in [0.2, 0.25) is 0 Å². The normalized spacial score (nSPS) is 9.82. The number of pyridine rings is 1. The summed E-state index contributed by atoms with van der Waals surface area (Å²) in [5.41, 5.74) is 2.14. The van der Waals surface area contributed by atoms with Crippen LogP contribution in [0.4, 0.5) is 0 Å². The Balaban J connectivity index is 2.46. The van der Waals surface area contributed by atoms with Crippen molar-refractivity contribution in [1.29, 1.82) is 0 Å². The van der Waals surface area contributed by atoms with Gasteiger partial charge in [0, 0.05) is 18.0 Å². The fourth-order valence-electron chi connectivity index (χ4n) is 0.925. The van der Waals surface area contributed by atoms with Crippen LogP contribution in [-0.2, 0) is 0 Å². The topological polar surface area (TPSA) is 26.0 Å². The summed E-state index contributed by atoms with van der Waals surface area (Å²) in [5, 5.41) is 0. The van der Waals surface area contributed by atoms with Crippen molar-refractivity contribution in [3.63, 3.8) is 0 Å². The van der Waals surface area contributed by atoms with Gasteiger partial charge in [0.05, 0.1) is 6.26 Å². The molecule has 2 heteroatoms. The molecule has 0 spiro atoms. The molecule has 53 valence electrons. The van der Waals surface area contributed by atoms with Crippen molar-refractivity contribution in [2.75, 3.05) is 0 Å². The highest BCUT2D eigenvalue weighted by Gasteiger charge is 1.95. The Morgan fingerprint density at radius 1 is 1.18 bits per heavy atom. The molecule has 2 rings (SSSR count). The van der Waals surface area contributed by atoms with Gasteiger partial charge in [0.2, 0.25) is 0 Å². The average Bonchev–Trinajstić information content (AvgIpc) is 2.58. The van der Waals surface area contributed by atoms with Gasteiger partial charge in [-0.2, -0.15) is 0 Å². The van der Waals surface area contributed by atoms with Crippen molar-refractivity contribution >= 4 is 0 Å². The molecular formula is C9H6NO. The summed E-state index contributed by atoms with van der Waals surface area (Å²) in [6.07, 6.45) is 7.80. The van der Waals surface area contributed by atoms with Gasteiger partial charge < -0.3 is 4.42 Å². The van der Waals surface area contributed by atoms with Gasteiger partial charge in [-0.1, -0.05) is 0 Å². The Morgan fingerprint density at radius 3 is 2.64 bits per heavy atom. The minimum absolute atomic E-state index is 1.03. The minimum Gasteiger partial charge on any atom is -0.460 e. The van der Waals surface area contributed by atoms with Crippen molar-refractivity contribution < 1.29 is 4.42 Å². The monoisotopic (exact) mass is 144 g/mol. The van der Waals surface area contributed by atoms with Gasteiger partial charge in [-0.3, -0.25) is 4.98 Å². The smallest absolute Gasteiger partial charge is 0.169 e. The molecule has 0 aromatic carbocycles. The zero-order valence-electron chi connectivity index (χ0n) is 5.82. The second kappa shape index (κ2) is 2.58. The van der Waals surface area contributed by atoms with Gasteiger partial charge in [-0.25, -0.2) is 0 Å². The zero-order valence-corrected chi connectivity index (χ0v) is 5.82. The summed E-state index contributed by atoms with van der Waals surface area (Å²) in [6.45, 7) is 0. The summed E-state index contributed by atoms with van der Waals surface area (Å²) >= 11 is 0. The predicted molar refractivity (Wildman–Crippen MR) is 40.8 cm³/mol. The molecule has 2 aromatic rings. The lowest BCUT2D eigenvalue weighted by molar-refractivity contribution is 0.559. The van der Waals surface area contributed by atoms with E-state index in [2.05, 4.69) is 11.2 Å². The molecule has 0 amide bonds. The summed E-state index contributed by atoms with van der Waals surface area (Å²) in [7, 11) is 0. The lowest BCUT2D eigenvalue weighted by Gasteiger charge is -1.91. The van der Waals surface area contributed by atoms with E-state index in [1.54, 1.807) is 24.7 Å². The molecule has 2 nitrogen and oxygen atoms in total. The van der Waals surface area contributed by atoms with Crippen LogP contribution in [0.5, 0.6) is 0 Å². The Labute approximate surface area is 64.5 Å². The molecule has 2 aromatic heterocycles. The molecular weight excluding hydrogens is 138 g/mol. The summed E-state index contributed by atoms with van der Waals surface area (Å²) in [6, 6.07) is 5.66. The van der Waals surface area contributed by atoms with Crippen molar-refractivity contribution in [3.05, 3.63) is 43.1 Å². The van der Waals surface area contributed by atoms with E-state index < -0.39 is 0 Å². The minimum atomic E-state index is 1.03. The van der Waals surface area contributed by atoms with Crippen LogP contribution < -0.4 is 0 Å². The van der Waals surface area contributed by atoms with E-state index in [9.17, 15) is 0 Å². The second-order valence-corrected chi connectivity index (χ2v) is 2.19. The van der Waals surface area contributed by atoms with E-state index in [0.29, 0.717) is 0 Å². The third-order valence-electron chi connectivity index (χ3n) is 1.48. The highest BCUT2D eigenvalue weighted by molar-refractivity contribution is 5.60. The lowest BCUT2D eigenvalue weighted by atomic mass is 10.1. The molecule has 0 aliphatic heterocycles. The second-order valence-electron chi connectivity index (χ2n) is 2.19. The molecule has 0 saturated carbocycles. The first-order valence-corrected chi connectivity index (χ1v) is 3.32. The van der Waals surface area contributed by atoms with Crippen molar-refractivity contribution in [3.8, 4) is 11.1 Å². The van der Waals surface area contributed by atoms with Gasteiger partial charge in [0.15, 0.2) is 6.26 Å². The van der Waals surface area contributed by atoms with E-state index in [0.717, 1.165) is 11.1 Å². The summed E-state index contributed by atoms with van der Waals surface area (Å²) in [4.78, 5) is 3.91. The number of nitrogens with zero attached hydrogens (tertiary/aromatic N) is 1. The maximum absolute atomic E-state index is 4.82. The van der Waals surface area contributed by atoms with Crippen molar-refractivity contribution in [2.24, 2.45) is 0 Å². The molecule has 0 N–H and O–H groups in total. The standard InChI is InChI=1S/C9H6NO/c1-4-10-5-2-8(1)9-3-6-11-7-9/h1-5,7H. The fraction of sp³-hybridized carbons (Fsp3) is 0. The third kappa shape index (κ3) is 1.15. The molecule has 0 unspecified atom stereocenters. The summed E-state index contributed by atoms with van der Waals surface area (Å²) in [5.74, 6) is 0. The number of hydrogen-bond donors (Lipinski definition) is 0. The molecule has 0 aliphatic carbocycles. The van der Waals surface area contributed by atoms with E-state index >= 15 is 0 Å². The quantitative estimate of drug-likeness (QED) is 0.612. The lowest BCUT2D eigenvalue weighted by Crippen LogP contribution is -1.72. The van der Waals surface area contributed by atoms with Crippen LogP contribution in [0, 0.1) is 6.26 Å². The van der Waals surface area contributed by atoms with Gasteiger partial charge in [0.1, 0.15) is 0 Å². The van der Waals surface area contributed by atoms with Crippen molar-refractivity contribution in [2.45, 2.75) is 0 Å². The van der Waals surface area contributed by atoms with Gasteiger partial charge in [0.25, 0.3) is 0 Å². The third-order valence-corrected chi connectivity index (χ3v) is 1.48. The maximum Gasteiger partial charge on any atom is 0.169 e. The van der Waals surface area contributed by atoms with Crippen LogP contribution in [0.3, 0.4) is 0 Å². The molecule has 0 aliphatic rings. The molecule has 1 radical (unpaired) electrons. The first-order chi connectivity index (χ1) is 5.47. The van der Waals surface area contributed by atoms with E-state index in [1.807, 2.05) is 12.1 Å². The van der Waals surface area contributed by atoms with Gasteiger partial charge in [-0.15, -0.1) is 0 Å². The largest absolute Gasteiger partial charge is 0.460 e. The van der Waals surface area contributed by atoms with Gasteiger partial charge >= 0.3 is 0 Å². The maximum atomic E-state index is 4.82. The molecule has 0 atom stereocenters.